The van der Waals surface area contributed by atoms with Gasteiger partial charge in [-0.1, -0.05) is 0 Å². The molecule has 2 unspecified atom stereocenters. The number of hydrogen-bond donors (Lipinski definition) is 1. The van der Waals surface area contributed by atoms with Gasteiger partial charge < -0.3 is 5.32 Å². The van der Waals surface area contributed by atoms with Crippen LogP contribution in [0.2, 0.25) is 0 Å². The Morgan fingerprint density at radius 3 is 2.93 bits per heavy atom. The first-order valence-corrected chi connectivity index (χ1v) is 5.84. The minimum atomic E-state index is -0.874. The number of aromatic nitrogens is 2. The second-order valence-corrected chi connectivity index (χ2v) is 4.49. The fraction of sp³-hybridized carbons (Fsp3) is 0.500. The van der Waals surface area contributed by atoms with Gasteiger partial charge in [0.25, 0.3) is 0 Å². The molecule has 0 fully saturated rings. The maximum Gasteiger partial charge on any atom is 0.217 e. The lowest BCUT2D eigenvalue weighted by atomic mass is 10.4. The predicted octanol–water partition coefficient (Wildman–Crippen LogP) is 0.795. The quantitative estimate of drug-likeness (QED) is 0.758. The zero-order chi connectivity index (χ0) is 10.6. The first-order valence-electron chi connectivity index (χ1n) is 4.12. The Hall–Kier alpha value is -1.04. The zero-order valence-corrected chi connectivity index (χ0v) is 8.84. The molecule has 0 aliphatic carbocycles. The second kappa shape index (κ2) is 4.99. The van der Waals surface area contributed by atoms with Gasteiger partial charge in [0.2, 0.25) is 5.95 Å². The molecule has 1 N–H and O–H groups in total. The molecule has 6 heteroatoms. The fourth-order valence-corrected chi connectivity index (χ4v) is 1.85. The Morgan fingerprint density at radius 2 is 2.36 bits per heavy atom. The van der Waals surface area contributed by atoms with Crippen LogP contribution in [0.1, 0.15) is 6.92 Å². The molecule has 14 heavy (non-hydrogen) atoms. The third-order valence-electron chi connectivity index (χ3n) is 1.51. The van der Waals surface area contributed by atoms with Crippen molar-refractivity contribution in [3.8, 4) is 0 Å². The molecule has 0 spiro atoms. The Bertz CT molecular complexity index is 334. The van der Waals surface area contributed by atoms with Crippen LogP contribution >= 0.6 is 0 Å². The van der Waals surface area contributed by atoms with Crippen LogP contribution in [0.15, 0.2) is 12.4 Å². The van der Waals surface area contributed by atoms with Crippen molar-refractivity contribution in [2.75, 3.05) is 17.3 Å². The van der Waals surface area contributed by atoms with Gasteiger partial charge in [-0.25, -0.2) is 9.97 Å². The molecule has 1 heterocycles. The maximum atomic E-state index is 12.6. The number of rotatable bonds is 4. The van der Waals surface area contributed by atoms with Crippen LogP contribution < -0.4 is 5.32 Å². The molecule has 0 bridgehead atoms. The average Bonchev–Trinajstić information content (AvgIpc) is 2.01. The van der Waals surface area contributed by atoms with Crippen molar-refractivity contribution in [1.29, 1.82) is 0 Å². The average molecular weight is 217 g/mol. The van der Waals surface area contributed by atoms with E-state index in [4.69, 9.17) is 0 Å². The summed E-state index contributed by atoms with van der Waals surface area (Å²) < 4.78 is 23.5. The van der Waals surface area contributed by atoms with Crippen LogP contribution in [-0.2, 0) is 10.8 Å². The molecule has 0 radical (unpaired) electrons. The van der Waals surface area contributed by atoms with Gasteiger partial charge in [-0.05, 0) is 6.92 Å². The van der Waals surface area contributed by atoms with Gasteiger partial charge in [-0.15, -0.1) is 0 Å². The fourth-order valence-electron chi connectivity index (χ4n) is 1.06. The second-order valence-electron chi connectivity index (χ2n) is 3.01. The van der Waals surface area contributed by atoms with Gasteiger partial charge in [-0.3, -0.25) is 4.21 Å². The minimum Gasteiger partial charge on any atom is -0.367 e. The normalized spacial score (nSPS) is 14.8. The van der Waals surface area contributed by atoms with Gasteiger partial charge in [0.1, 0.15) is 12.1 Å². The highest BCUT2D eigenvalue weighted by molar-refractivity contribution is 7.84. The minimum absolute atomic E-state index is 0.00451. The molecule has 1 aromatic heterocycles. The van der Waals surface area contributed by atoms with Crippen molar-refractivity contribution in [3.05, 3.63) is 18.3 Å². The molecule has 2 atom stereocenters. The summed E-state index contributed by atoms with van der Waals surface area (Å²) in [6.07, 6.45) is 2.77. The third-order valence-corrected chi connectivity index (χ3v) is 2.48. The summed E-state index contributed by atoms with van der Waals surface area (Å²) in [4.78, 5) is 7.16. The summed E-state index contributed by atoms with van der Waals surface area (Å²) in [5.41, 5.74) is 0. The van der Waals surface area contributed by atoms with E-state index in [1.807, 2.05) is 6.92 Å². The summed E-state index contributed by atoms with van der Waals surface area (Å²) in [5.74, 6) is 0.341. The van der Waals surface area contributed by atoms with Crippen molar-refractivity contribution in [2.45, 2.75) is 13.0 Å². The molecule has 4 nitrogen and oxygen atoms in total. The van der Waals surface area contributed by atoms with Crippen molar-refractivity contribution < 1.29 is 8.60 Å². The van der Waals surface area contributed by atoms with Gasteiger partial charge in [0.05, 0.1) is 0 Å². The van der Waals surface area contributed by atoms with Crippen molar-refractivity contribution in [1.82, 2.24) is 9.97 Å². The molecule has 0 aliphatic rings. The standard InChI is InChI=1S/C8H12FN3OS/c1-6(4-14(2)13)12-8-3-7(9)10-5-11-8/h3,5-6H,4H2,1-2H3,(H,10,11,12). The smallest absolute Gasteiger partial charge is 0.217 e. The van der Waals surface area contributed by atoms with E-state index in [0.29, 0.717) is 11.6 Å². The molecule has 0 aliphatic heterocycles. The third kappa shape index (κ3) is 3.78. The van der Waals surface area contributed by atoms with Crippen LogP contribution in [0, 0.1) is 5.95 Å². The summed E-state index contributed by atoms with van der Waals surface area (Å²) in [6.45, 7) is 1.86. The molecular weight excluding hydrogens is 205 g/mol. The first kappa shape index (κ1) is 11.0. The zero-order valence-electron chi connectivity index (χ0n) is 8.03. The Morgan fingerprint density at radius 1 is 1.64 bits per heavy atom. The summed E-state index contributed by atoms with van der Waals surface area (Å²) in [7, 11) is -0.874. The predicted molar refractivity (Wildman–Crippen MR) is 54.0 cm³/mol. The van der Waals surface area contributed by atoms with Crippen LogP contribution in [0.5, 0.6) is 0 Å². The molecule has 1 rings (SSSR count). The Kier molecular flexibility index (Phi) is 3.94. The van der Waals surface area contributed by atoms with E-state index in [1.165, 1.54) is 6.07 Å². The molecule has 1 aromatic rings. The van der Waals surface area contributed by atoms with Crippen molar-refractivity contribution in [3.63, 3.8) is 0 Å². The first-order chi connectivity index (χ1) is 6.58. The van der Waals surface area contributed by atoms with E-state index < -0.39 is 16.7 Å². The molecule has 0 saturated heterocycles. The van der Waals surface area contributed by atoms with Gasteiger partial charge in [0.15, 0.2) is 0 Å². The van der Waals surface area contributed by atoms with E-state index >= 15 is 0 Å². The lowest BCUT2D eigenvalue weighted by Gasteiger charge is -2.12. The van der Waals surface area contributed by atoms with Crippen LogP contribution in [0.4, 0.5) is 10.2 Å². The molecular formula is C8H12FN3OS. The molecule has 78 valence electrons. The number of anilines is 1. The SMILES string of the molecule is CC(CS(C)=O)Nc1cc(F)ncn1. The lowest BCUT2D eigenvalue weighted by molar-refractivity contribution is 0.580. The number of nitrogens with one attached hydrogen (secondary N) is 1. The van der Waals surface area contributed by atoms with E-state index in [0.717, 1.165) is 6.33 Å². The van der Waals surface area contributed by atoms with E-state index in [9.17, 15) is 8.60 Å². The van der Waals surface area contributed by atoms with Gasteiger partial charge in [-0.2, -0.15) is 4.39 Å². The lowest BCUT2D eigenvalue weighted by Crippen LogP contribution is -2.22. The largest absolute Gasteiger partial charge is 0.367 e. The summed E-state index contributed by atoms with van der Waals surface area (Å²) in [5, 5.41) is 2.93. The van der Waals surface area contributed by atoms with Crippen molar-refractivity contribution in [2.24, 2.45) is 0 Å². The van der Waals surface area contributed by atoms with Gasteiger partial charge >= 0.3 is 0 Å². The van der Waals surface area contributed by atoms with Crippen LogP contribution in [0.25, 0.3) is 0 Å². The Balaban J connectivity index is 2.55. The maximum absolute atomic E-state index is 12.6. The number of nitrogens with zero attached hydrogens (tertiary/aromatic N) is 2. The number of halogens is 1. The highest BCUT2D eigenvalue weighted by Crippen LogP contribution is 2.04. The van der Waals surface area contributed by atoms with Crippen LogP contribution in [-0.4, -0.2) is 32.2 Å². The number of hydrogen-bond acceptors (Lipinski definition) is 4. The summed E-state index contributed by atoms with van der Waals surface area (Å²) in [6, 6.07) is 1.20. The summed E-state index contributed by atoms with van der Waals surface area (Å²) >= 11 is 0. The monoisotopic (exact) mass is 217 g/mol. The van der Waals surface area contributed by atoms with Crippen molar-refractivity contribution >= 4 is 16.6 Å². The highest BCUT2D eigenvalue weighted by atomic mass is 32.2. The highest BCUT2D eigenvalue weighted by Gasteiger charge is 2.05. The topological polar surface area (TPSA) is 54.9 Å². The van der Waals surface area contributed by atoms with E-state index in [2.05, 4.69) is 15.3 Å². The Labute approximate surface area is 84.4 Å². The molecule has 0 amide bonds. The van der Waals surface area contributed by atoms with E-state index in [1.54, 1.807) is 6.26 Å². The van der Waals surface area contributed by atoms with Crippen LogP contribution in [0.3, 0.4) is 0 Å². The molecule has 0 aromatic carbocycles. The van der Waals surface area contributed by atoms with Gasteiger partial charge in [0, 0.05) is 34.9 Å². The van der Waals surface area contributed by atoms with E-state index in [-0.39, 0.29) is 6.04 Å². The molecule has 0 saturated carbocycles.